The average Bonchev–Trinajstić information content (AvgIpc) is 2.74. The van der Waals surface area contributed by atoms with E-state index < -0.39 is 33.6 Å². The first-order valence-corrected chi connectivity index (χ1v) is 10.1. The quantitative estimate of drug-likeness (QED) is 0.626. The zero-order chi connectivity index (χ0) is 21.7. The Labute approximate surface area is 171 Å². The van der Waals surface area contributed by atoms with Crippen LogP contribution in [0.3, 0.4) is 0 Å². The maximum absolute atomic E-state index is 13.9. The monoisotopic (exact) mass is 427 g/mol. The van der Waals surface area contributed by atoms with Gasteiger partial charge in [0.1, 0.15) is 17.7 Å². The summed E-state index contributed by atoms with van der Waals surface area (Å²) in [4.78, 5) is 12.2. The van der Waals surface area contributed by atoms with Crippen molar-refractivity contribution in [1.29, 1.82) is 5.26 Å². The van der Waals surface area contributed by atoms with Gasteiger partial charge in [-0.2, -0.15) is 5.26 Å². The number of amides is 1. The zero-order valence-corrected chi connectivity index (χ0v) is 16.2. The molecule has 1 amide bonds. The third-order valence-corrected chi connectivity index (χ3v) is 5.55. The number of halogens is 2. The molecule has 30 heavy (non-hydrogen) atoms. The van der Waals surface area contributed by atoms with Crippen molar-refractivity contribution in [3.63, 3.8) is 0 Å². The normalized spacial score (nSPS) is 11.9. The molecule has 1 unspecified atom stereocenters. The molecule has 2 N–H and O–H groups in total. The first kappa shape index (κ1) is 21.0. The van der Waals surface area contributed by atoms with Gasteiger partial charge in [0.2, 0.25) is 0 Å². The molecule has 0 fully saturated rings. The highest BCUT2D eigenvalue weighted by Crippen LogP contribution is 2.20. The molecule has 0 aliphatic carbocycles. The molecule has 152 valence electrons. The Bertz CT molecular complexity index is 1220. The van der Waals surface area contributed by atoms with Crippen LogP contribution in [0.25, 0.3) is 0 Å². The molecule has 0 aromatic heterocycles. The molecule has 0 saturated carbocycles. The molecule has 0 saturated heterocycles. The van der Waals surface area contributed by atoms with Crippen LogP contribution in [-0.2, 0) is 10.0 Å². The van der Waals surface area contributed by atoms with Crippen molar-refractivity contribution >= 4 is 21.6 Å². The maximum Gasteiger partial charge on any atom is 0.261 e. The molecule has 0 aliphatic heterocycles. The van der Waals surface area contributed by atoms with Crippen LogP contribution in [0, 0.1) is 23.0 Å². The molecule has 9 heteroatoms. The summed E-state index contributed by atoms with van der Waals surface area (Å²) < 4.78 is 54.5. The second kappa shape index (κ2) is 8.71. The van der Waals surface area contributed by atoms with Crippen LogP contribution in [0.1, 0.15) is 22.0 Å². The molecule has 0 aliphatic rings. The summed E-state index contributed by atoms with van der Waals surface area (Å²) in [5, 5.41) is 11.7. The molecular formula is C21H15F2N3O3S. The number of carbonyl (C=O) groups excluding carboxylic acids is 1. The van der Waals surface area contributed by atoms with E-state index in [4.69, 9.17) is 0 Å². The highest BCUT2D eigenvalue weighted by molar-refractivity contribution is 7.92. The first-order chi connectivity index (χ1) is 14.3. The third-order valence-electron chi connectivity index (χ3n) is 4.17. The van der Waals surface area contributed by atoms with E-state index in [-0.39, 0.29) is 21.7 Å². The smallest absolute Gasteiger partial charge is 0.261 e. The van der Waals surface area contributed by atoms with Crippen LogP contribution in [0.2, 0.25) is 0 Å². The van der Waals surface area contributed by atoms with E-state index in [1.807, 2.05) is 6.07 Å². The largest absolute Gasteiger partial charge is 0.332 e. The van der Waals surface area contributed by atoms with Gasteiger partial charge in [0.25, 0.3) is 15.9 Å². The number of hydrogen-bond donors (Lipinski definition) is 2. The van der Waals surface area contributed by atoms with E-state index in [0.29, 0.717) is 0 Å². The van der Waals surface area contributed by atoms with Crippen LogP contribution < -0.4 is 10.0 Å². The lowest BCUT2D eigenvalue weighted by Crippen LogP contribution is -2.28. The fraction of sp³-hybridized carbons (Fsp3) is 0.0476. The lowest BCUT2D eigenvalue weighted by atomic mass is 10.1. The molecule has 3 aromatic carbocycles. The van der Waals surface area contributed by atoms with Crippen molar-refractivity contribution in [3.8, 4) is 6.07 Å². The first-order valence-electron chi connectivity index (χ1n) is 8.64. The SMILES string of the molecule is N#CC(NC(=O)c1ccc(S(=O)(=O)Nc2ccccc2F)cc1)c1ccccc1F. The Morgan fingerprint density at radius 3 is 2.10 bits per heavy atom. The van der Waals surface area contributed by atoms with Gasteiger partial charge in [-0.05, 0) is 42.5 Å². The molecule has 3 aromatic rings. The molecule has 0 heterocycles. The van der Waals surface area contributed by atoms with Gasteiger partial charge in [-0.3, -0.25) is 9.52 Å². The number of carbonyl (C=O) groups is 1. The number of nitriles is 1. The molecule has 0 radical (unpaired) electrons. The van der Waals surface area contributed by atoms with Crippen molar-refractivity contribution in [3.05, 3.63) is 95.6 Å². The topological polar surface area (TPSA) is 99.1 Å². The number of para-hydroxylation sites is 1. The summed E-state index contributed by atoms with van der Waals surface area (Å²) in [5.41, 5.74) is -0.126. The summed E-state index contributed by atoms with van der Waals surface area (Å²) in [6.45, 7) is 0. The lowest BCUT2D eigenvalue weighted by Gasteiger charge is -2.13. The van der Waals surface area contributed by atoms with Crippen LogP contribution in [0.4, 0.5) is 14.5 Å². The van der Waals surface area contributed by atoms with E-state index >= 15 is 0 Å². The summed E-state index contributed by atoms with van der Waals surface area (Å²) in [6.07, 6.45) is 0. The minimum absolute atomic E-state index is 0.0154. The number of rotatable bonds is 6. The van der Waals surface area contributed by atoms with Gasteiger partial charge in [-0.15, -0.1) is 0 Å². The van der Waals surface area contributed by atoms with Crippen molar-refractivity contribution in [1.82, 2.24) is 5.32 Å². The number of nitrogens with one attached hydrogen (secondary N) is 2. The van der Waals surface area contributed by atoms with Crippen molar-refractivity contribution < 1.29 is 22.0 Å². The maximum atomic E-state index is 13.9. The van der Waals surface area contributed by atoms with E-state index in [0.717, 1.165) is 6.07 Å². The molecule has 3 rings (SSSR count). The Kier molecular flexibility index (Phi) is 6.09. The minimum Gasteiger partial charge on any atom is -0.332 e. The molecule has 6 nitrogen and oxygen atoms in total. The van der Waals surface area contributed by atoms with Crippen molar-refractivity contribution in [2.75, 3.05) is 4.72 Å². The van der Waals surface area contributed by atoms with E-state index in [9.17, 15) is 27.3 Å². The van der Waals surface area contributed by atoms with Gasteiger partial charge >= 0.3 is 0 Å². The zero-order valence-electron chi connectivity index (χ0n) is 15.3. The predicted molar refractivity (Wildman–Crippen MR) is 106 cm³/mol. The Balaban J connectivity index is 1.76. The average molecular weight is 427 g/mol. The fourth-order valence-electron chi connectivity index (χ4n) is 2.64. The molecule has 1 atom stereocenters. The van der Waals surface area contributed by atoms with Crippen LogP contribution >= 0.6 is 0 Å². The van der Waals surface area contributed by atoms with E-state index in [1.54, 1.807) is 0 Å². The van der Waals surface area contributed by atoms with Gasteiger partial charge in [0.05, 0.1) is 16.7 Å². The molecule has 0 bridgehead atoms. The van der Waals surface area contributed by atoms with Gasteiger partial charge in [-0.25, -0.2) is 17.2 Å². The summed E-state index contributed by atoms with van der Waals surface area (Å²) in [5.74, 6) is -2.05. The van der Waals surface area contributed by atoms with Crippen LogP contribution in [-0.4, -0.2) is 14.3 Å². The van der Waals surface area contributed by atoms with Gasteiger partial charge < -0.3 is 5.32 Å². The van der Waals surface area contributed by atoms with Crippen molar-refractivity contribution in [2.45, 2.75) is 10.9 Å². The molecule has 0 spiro atoms. The van der Waals surface area contributed by atoms with Crippen LogP contribution in [0.5, 0.6) is 0 Å². The van der Waals surface area contributed by atoms with Gasteiger partial charge in [-0.1, -0.05) is 30.3 Å². The fourth-order valence-corrected chi connectivity index (χ4v) is 3.70. The number of sulfonamides is 1. The number of hydrogen-bond acceptors (Lipinski definition) is 4. The predicted octanol–water partition coefficient (Wildman–Crippen LogP) is 3.76. The number of benzene rings is 3. The number of anilines is 1. The highest BCUT2D eigenvalue weighted by atomic mass is 32.2. The Morgan fingerprint density at radius 1 is 0.900 bits per heavy atom. The van der Waals surface area contributed by atoms with Crippen molar-refractivity contribution in [2.24, 2.45) is 0 Å². The van der Waals surface area contributed by atoms with Crippen LogP contribution in [0.15, 0.2) is 77.7 Å². The Hall–Kier alpha value is -3.77. The summed E-state index contributed by atoms with van der Waals surface area (Å²) in [6, 6.07) is 16.3. The third kappa shape index (κ3) is 4.61. The standard InChI is InChI=1S/C21H15F2N3O3S/c22-17-6-2-1-5-16(17)20(13-24)25-21(27)14-9-11-15(12-10-14)30(28,29)26-19-8-4-3-7-18(19)23/h1-12,20,26H,(H,25,27). The second-order valence-corrected chi connectivity index (χ2v) is 7.85. The summed E-state index contributed by atoms with van der Waals surface area (Å²) >= 11 is 0. The molecular weight excluding hydrogens is 412 g/mol. The van der Waals surface area contributed by atoms with E-state index in [1.165, 1.54) is 66.7 Å². The Morgan fingerprint density at radius 2 is 1.50 bits per heavy atom. The van der Waals surface area contributed by atoms with Gasteiger partial charge in [0, 0.05) is 11.1 Å². The second-order valence-electron chi connectivity index (χ2n) is 6.17. The van der Waals surface area contributed by atoms with Gasteiger partial charge in [0.15, 0.2) is 0 Å². The minimum atomic E-state index is -4.08. The summed E-state index contributed by atoms with van der Waals surface area (Å²) in [7, 11) is -4.08. The highest BCUT2D eigenvalue weighted by Gasteiger charge is 2.20. The number of nitrogens with zero attached hydrogens (tertiary/aromatic N) is 1. The lowest BCUT2D eigenvalue weighted by molar-refractivity contribution is 0.0944. The van der Waals surface area contributed by atoms with E-state index in [2.05, 4.69) is 10.0 Å².